The molecule has 0 fully saturated rings. The maximum Gasteiger partial charge on any atom is 0.387 e. The quantitative estimate of drug-likeness (QED) is 0.571. The molecule has 0 amide bonds. The zero-order valence-electron chi connectivity index (χ0n) is 14.9. The summed E-state index contributed by atoms with van der Waals surface area (Å²) in [6.45, 7) is -2.36. The fourth-order valence-corrected chi connectivity index (χ4v) is 2.75. The summed E-state index contributed by atoms with van der Waals surface area (Å²) in [5.74, 6) is 0.786. The molecule has 2 N–H and O–H groups in total. The normalized spacial score (nSPS) is 10.6. The van der Waals surface area contributed by atoms with E-state index >= 15 is 0 Å². The van der Waals surface area contributed by atoms with Crippen molar-refractivity contribution in [2.45, 2.75) is 13.2 Å². The molecule has 0 saturated heterocycles. The van der Waals surface area contributed by atoms with E-state index in [0.717, 1.165) is 11.3 Å². The Labute approximate surface area is 166 Å². The van der Waals surface area contributed by atoms with Gasteiger partial charge in [-0.3, -0.25) is 4.68 Å². The number of halogens is 2. The molecular weight excluding hydrogens is 386 g/mol. The first-order valence-electron chi connectivity index (χ1n) is 8.31. The highest BCUT2D eigenvalue weighted by atomic mass is 32.1. The number of anilines is 2. The lowest BCUT2D eigenvalue weighted by Crippen LogP contribution is -2.19. The van der Waals surface area contributed by atoms with Gasteiger partial charge in [-0.1, -0.05) is 24.3 Å². The molecular formula is C19H18F2N4O2S. The zero-order chi connectivity index (χ0) is 19.9. The topological polar surface area (TPSA) is 60.3 Å². The smallest absolute Gasteiger partial charge is 0.387 e. The van der Waals surface area contributed by atoms with Gasteiger partial charge in [0.2, 0.25) is 0 Å². The van der Waals surface area contributed by atoms with Crippen molar-refractivity contribution >= 4 is 28.7 Å². The van der Waals surface area contributed by atoms with E-state index in [2.05, 4.69) is 20.5 Å². The largest absolute Gasteiger partial charge is 0.497 e. The van der Waals surface area contributed by atoms with Crippen LogP contribution in [-0.2, 0) is 6.54 Å². The van der Waals surface area contributed by atoms with Crippen molar-refractivity contribution in [1.29, 1.82) is 0 Å². The maximum atomic E-state index is 12.5. The third-order valence-electron chi connectivity index (χ3n) is 3.72. The van der Waals surface area contributed by atoms with Gasteiger partial charge in [-0.05, 0) is 42.0 Å². The van der Waals surface area contributed by atoms with E-state index in [1.54, 1.807) is 42.4 Å². The summed E-state index contributed by atoms with van der Waals surface area (Å²) in [5, 5.41) is 10.3. The Hall–Kier alpha value is -3.20. The van der Waals surface area contributed by atoms with Gasteiger partial charge in [-0.2, -0.15) is 13.9 Å². The van der Waals surface area contributed by atoms with Gasteiger partial charge < -0.3 is 20.1 Å². The van der Waals surface area contributed by atoms with Crippen LogP contribution in [-0.4, -0.2) is 28.6 Å². The van der Waals surface area contributed by atoms with E-state index in [1.807, 2.05) is 24.3 Å². The summed E-state index contributed by atoms with van der Waals surface area (Å²) in [6, 6.07) is 14.0. The van der Waals surface area contributed by atoms with Crippen molar-refractivity contribution in [2.24, 2.45) is 0 Å². The van der Waals surface area contributed by atoms with E-state index in [-0.39, 0.29) is 10.9 Å². The second kappa shape index (κ2) is 9.14. The van der Waals surface area contributed by atoms with Crippen molar-refractivity contribution in [1.82, 2.24) is 9.78 Å². The van der Waals surface area contributed by atoms with Gasteiger partial charge in [0.25, 0.3) is 0 Å². The van der Waals surface area contributed by atoms with E-state index in [0.29, 0.717) is 17.9 Å². The van der Waals surface area contributed by atoms with Crippen LogP contribution >= 0.6 is 12.2 Å². The highest BCUT2D eigenvalue weighted by Gasteiger charge is 2.10. The number of hydrogen-bond donors (Lipinski definition) is 2. The fourth-order valence-electron chi connectivity index (χ4n) is 2.53. The number of rotatable bonds is 7. The van der Waals surface area contributed by atoms with Crippen molar-refractivity contribution in [2.75, 3.05) is 17.7 Å². The van der Waals surface area contributed by atoms with Gasteiger partial charge in [0, 0.05) is 6.20 Å². The number of methoxy groups -OCH3 is 1. The molecule has 0 aliphatic carbocycles. The minimum absolute atomic E-state index is 0.00960. The van der Waals surface area contributed by atoms with Gasteiger partial charge in [-0.15, -0.1) is 0 Å². The van der Waals surface area contributed by atoms with Crippen molar-refractivity contribution < 1.29 is 18.3 Å². The molecule has 0 aliphatic rings. The second-order valence-corrected chi connectivity index (χ2v) is 6.14. The monoisotopic (exact) mass is 404 g/mol. The van der Waals surface area contributed by atoms with Crippen LogP contribution in [0.3, 0.4) is 0 Å². The van der Waals surface area contributed by atoms with Crippen LogP contribution in [0.2, 0.25) is 0 Å². The van der Waals surface area contributed by atoms with Crippen molar-refractivity contribution in [3.63, 3.8) is 0 Å². The highest BCUT2D eigenvalue weighted by molar-refractivity contribution is 7.80. The Morgan fingerprint density at radius 1 is 1.18 bits per heavy atom. The molecule has 0 saturated carbocycles. The zero-order valence-corrected chi connectivity index (χ0v) is 15.7. The fraction of sp³-hybridized carbons (Fsp3) is 0.158. The molecule has 28 heavy (non-hydrogen) atoms. The minimum atomic E-state index is -2.92. The van der Waals surface area contributed by atoms with Crippen LogP contribution in [0.1, 0.15) is 5.56 Å². The molecule has 2 aromatic carbocycles. The molecule has 146 valence electrons. The molecule has 0 atom stereocenters. The number of benzene rings is 2. The van der Waals surface area contributed by atoms with E-state index in [9.17, 15) is 8.78 Å². The summed E-state index contributed by atoms with van der Waals surface area (Å²) < 4.78 is 36.4. The Morgan fingerprint density at radius 3 is 2.79 bits per heavy atom. The van der Waals surface area contributed by atoms with Gasteiger partial charge in [0.15, 0.2) is 5.11 Å². The molecule has 3 aromatic rings. The Bertz CT molecular complexity index is 949. The second-order valence-electron chi connectivity index (χ2n) is 5.73. The average molecular weight is 404 g/mol. The molecule has 1 heterocycles. The first kappa shape index (κ1) is 19.6. The molecule has 0 unspecified atom stereocenters. The molecule has 3 rings (SSSR count). The lowest BCUT2D eigenvalue weighted by Gasteiger charge is -2.13. The number of nitrogens with zero attached hydrogens (tertiary/aromatic N) is 2. The predicted octanol–water partition coefficient (Wildman–Crippen LogP) is 4.35. The number of aromatic nitrogens is 2. The van der Waals surface area contributed by atoms with Gasteiger partial charge in [0.05, 0.1) is 31.2 Å². The van der Waals surface area contributed by atoms with E-state index < -0.39 is 6.61 Å². The van der Waals surface area contributed by atoms with Crippen LogP contribution in [0.15, 0.2) is 60.9 Å². The number of para-hydroxylation sites is 2. The SMILES string of the molecule is COc1cccc(Cn2cc(NC(=S)Nc3ccccc3OC(F)F)cn2)c1. The molecule has 9 heteroatoms. The summed E-state index contributed by atoms with van der Waals surface area (Å²) in [6.07, 6.45) is 3.41. The van der Waals surface area contributed by atoms with E-state index in [4.69, 9.17) is 17.0 Å². The summed E-state index contributed by atoms with van der Waals surface area (Å²) in [5.41, 5.74) is 2.03. The number of alkyl halides is 2. The molecule has 1 aromatic heterocycles. The molecule has 0 bridgehead atoms. The number of nitrogens with one attached hydrogen (secondary N) is 2. The highest BCUT2D eigenvalue weighted by Crippen LogP contribution is 2.25. The van der Waals surface area contributed by atoms with Gasteiger partial charge in [0.1, 0.15) is 11.5 Å². The standard InChI is InChI=1S/C19H18F2N4O2S/c1-26-15-6-4-5-13(9-15)11-25-12-14(10-22-25)23-19(28)24-16-7-2-3-8-17(16)27-18(20)21/h2-10,12,18H,11H2,1H3,(H2,23,24,28). The van der Waals surface area contributed by atoms with Crippen LogP contribution < -0.4 is 20.1 Å². The third-order valence-corrected chi connectivity index (χ3v) is 3.93. The minimum Gasteiger partial charge on any atom is -0.497 e. The molecule has 0 aliphatic heterocycles. The molecule has 6 nitrogen and oxygen atoms in total. The average Bonchev–Trinajstić information content (AvgIpc) is 3.09. The molecule has 0 spiro atoms. The summed E-state index contributed by atoms with van der Waals surface area (Å²) in [7, 11) is 1.62. The van der Waals surface area contributed by atoms with Crippen LogP contribution in [0.25, 0.3) is 0 Å². The number of thiocarbonyl (C=S) groups is 1. The van der Waals surface area contributed by atoms with Crippen LogP contribution in [0, 0.1) is 0 Å². The number of ether oxygens (including phenoxy) is 2. The van der Waals surface area contributed by atoms with Gasteiger partial charge >= 0.3 is 6.61 Å². The lowest BCUT2D eigenvalue weighted by molar-refractivity contribution is -0.0493. The lowest BCUT2D eigenvalue weighted by atomic mass is 10.2. The first-order valence-corrected chi connectivity index (χ1v) is 8.71. The summed E-state index contributed by atoms with van der Waals surface area (Å²) >= 11 is 5.24. The third kappa shape index (κ3) is 5.40. The van der Waals surface area contributed by atoms with Crippen LogP contribution in [0.4, 0.5) is 20.2 Å². The number of hydrogen-bond acceptors (Lipinski definition) is 4. The Balaban J connectivity index is 1.61. The predicted molar refractivity (Wildman–Crippen MR) is 107 cm³/mol. The Kier molecular flexibility index (Phi) is 6.38. The maximum absolute atomic E-state index is 12.5. The van der Waals surface area contributed by atoms with Crippen molar-refractivity contribution in [3.05, 3.63) is 66.5 Å². The first-order chi connectivity index (χ1) is 13.5. The molecule has 0 radical (unpaired) electrons. The van der Waals surface area contributed by atoms with E-state index in [1.165, 1.54) is 6.07 Å². The Morgan fingerprint density at radius 2 is 2.00 bits per heavy atom. The van der Waals surface area contributed by atoms with Crippen molar-refractivity contribution in [3.8, 4) is 11.5 Å². The van der Waals surface area contributed by atoms with Gasteiger partial charge in [-0.25, -0.2) is 0 Å². The van der Waals surface area contributed by atoms with Crippen LogP contribution in [0.5, 0.6) is 11.5 Å². The summed E-state index contributed by atoms with van der Waals surface area (Å²) in [4.78, 5) is 0.